The number of hydrogen-bond donors (Lipinski definition) is 2. The first-order valence-corrected chi connectivity index (χ1v) is 13.8. The zero-order valence-electron chi connectivity index (χ0n) is 23.1. The molecule has 2 heterocycles. The van der Waals surface area contributed by atoms with E-state index in [2.05, 4.69) is 6.92 Å². The highest BCUT2D eigenvalue weighted by atomic mass is 16.6. The molecule has 0 aromatic rings. The lowest BCUT2D eigenvalue weighted by atomic mass is 9.50. The Bertz CT molecular complexity index is 1080. The number of ketones is 1. The summed E-state index contributed by atoms with van der Waals surface area (Å²) < 4.78 is 17.8. The van der Waals surface area contributed by atoms with Crippen molar-refractivity contribution in [2.45, 2.75) is 82.7 Å². The fourth-order valence-electron chi connectivity index (χ4n) is 8.41. The third-order valence-corrected chi connectivity index (χ3v) is 10.7. The molecule has 3 fully saturated rings. The fraction of sp³-hybridized carbons (Fsp3) is 0.759. The van der Waals surface area contributed by atoms with Gasteiger partial charge < -0.3 is 29.3 Å². The molecule has 0 radical (unpaired) electrons. The third-order valence-electron chi connectivity index (χ3n) is 10.7. The van der Waals surface area contributed by atoms with Gasteiger partial charge in [0.2, 0.25) is 0 Å². The van der Waals surface area contributed by atoms with Gasteiger partial charge in [0.1, 0.15) is 11.7 Å². The van der Waals surface area contributed by atoms with Gasteiger partial charge in [0.25, 0.3) is 0 Å². The zero-order chi connectivity index (χ0) is 27.6. The van der Waals surface area contributed by atoms with Gasteiger partial charge in [-0.3, -0.25) is 4.79 Å². The van der Waals surface area contributed by atoms with Crippen molar-refractivity contribution in [3.63, 3.8) is 0 Å². The highest BCUT2D eigenvalue weighted by Gasteiger charge is 2.70. The van der Waals surface area contributed by atoms with E-state index >= 15 is 0 Å². The van der Waals surface area contributed by atoms with Gasteiger partial charge in [0.15, 0.2) is 17.5 Å². The van der Waals surface area contributed by atoms with E-state index in [1.807, 2.05) is 6.92 Å². The van der Waals surface area contributed by atoms with E-state index in [4.69, 9.17) is 14.2 Å². The standard InChI is InChI=1S/C29H41NO8/c1-16-12-18(37-25(33)19(16)14-31)13-17-6-7-21-20-15-36-28(3)24(38-26(34)30(4)5)9-8-23(32)29(28,35)22(20)10-11-27(17,21)2/h8-9,17-18,20-22,24,31,35H,6-7,10-15H2,1-5H3. The van der Waals surface area contributed by atoms with E-state index in [0.717, 1.165) is 31.3 Å². The SMILES string of the molecule is CC1=C(CO)C(=O)OC(CC2CCC3C4COC5(C)C(OC(=O)N(C)C)C=CC(=O)C5(O)C4CCC23C)C1. The molecule has 9 unspecified atom stereocenters. The van der Waals surface area contributed by atoms with Crippen LogP contribution in [0.4, 0.5) is 4.79 Å². The molecule has 38 heavy (non-hydrogen) atoms. The number of aliphatic hydroxyl groups is 2. The Labute approximate surface area is 224 Å². The Morgan fingerprint density at radius 3 is 2.58 bits per heavy atom. The molecule has 2 aliphatic heterocycles. The van der Waals surface area contributed by atoms with Crippen molar-refractivity contribution in [2.75, 3.05) is 27.3 Å². The van der Waals surface area contributed by atoms with Crippen LogP contribution in [0.1, 0.15) is 59.3 Å². The molecule has 5 rings (SSSR count). The van der Waals surface area contributed by atoms with Gasteiger partial charge in [0.05, 0.1) is 18.8 Å². The molecule has 1 saturated heterocycles. The molecule has 0 spiro atoms. The Morgan fingerprint density at radius 2 is 1.92 bits per heavy atom. The number of carbonyl (C=O) groups is 3. The molecule has 3 aliphatic carbocycles. The molecular weight excluding hydrogens is 490 g/mol. The average molecular weight is 532 g/mol. The maximum atomic E-state index is 13.3. The molecule has 5 aliphatic rings. The van der Waals surface area contributed by atoms with Crippen LogP contribution in [0.3, 0.4) is 0 Å². The summed E-state index contributed by atoms with van der Waals surface area (Å²) in [4.78, 5) is 39.4. The lowest BCUT2D eigenvalue weighted by Crippen LogP contribution is -2.75. The van der Waals surface area contributed by atoms with Crippen LogP contribution in [-0.2, 0) is 23.8 Å². The van der Waals surface area contributed by atoms with Gasteiger partial charge >= 0.3 is 12.1 Å². The van der Waals surface area contributed by atoms with Gasteiger partial charge in [-0.05, 0) is 81.3 Å². The Kier molecular flexibility index (Phi) is 6.80. The minimum absolute atomic E-state index is 0.00555. The molecule has 210 valence electrons. The molecule has 9 atom stereocenters. The van der Waals surface area contributed by atoms with Crippen LogP contribution in [0.2, 0.25) is 0 Å². The summed E-state index contributed by atoms with van der Waals surface area (Å²) in [7, 11) is 3.17. The van der Waals surface area contributed by atoms with Gasteiger partial charge in [-0.25, -0.2) is 9.59 Å². The summed E-state index contributed by atoms with van der Waals surface area (Å²) in [6.07, 6.45) is 6.09. The van der Waals surface area contributed by atoms with Gasteiger partial charge in [-0.1, -0.05) is 12.5 Å². The summed E-state index contributed by atoms with van der Waals surface area (Å²) in [5.41, 5.74) is -1.92. The van der Waals surface area contributed by atoms with Crippen molar-refractivity contribution in [1.29, 1.82) is 0 Å². The number of carbonyl (C=O) groups excluding carboxylic acids is 3. The highest BCUT2D eigenvalue weighted by molar-refractivity contribution is 6.00. The monoisotopic (exact) mass is 531 g/mol. The van der Waals surface area contributed by atoms with Crippen molar-refractivity contribution in [1.82, 2.24) is 4.90 Å². The van der Waals surface area contributed by atoms with Gasteiger partial charge in [0, 0.05) is 26.4 Å². The Balaban J connectivity index is 1.36. The molecule has 2 saturated carbocycles. The van der Waals surface area contributed by atoms with Crippen LogP contribution in [0.5, 0.6) is 0 Å². The van der Waals surface area contributed by atoms with E-state index in [1.165, 1.54) is 17.1 Å². The van der Waals surface area contributed by atoms with Crippen molar-refractivity contribution >= 4 is 17.8 Å². The minimum Gasteiger partial charge on any atom is -0.459 e. The first kappa shape index (κ1) is 27.3. The first-order valence-electron chi connectivity index (χ1n) is 13.8. The summed E-state index contributed by atoms with van der Waals surface area (Å²) in [6.45, 7) is 5.97. The molecular formula is C29H41NO8. The quantitative estimate of drug-likeness (QED) is 0.531. The fourth-order valence-corrected chi connectivity index (χ4v) is 8.41. The Morgan fingerprint density at radius 1 is 1.18 bits per heavy atom. The van der Waals surface area contributed by atoms with E-state index in [9.17, 15) is 24.6 Å². The normalized spacial score (nSPS) is 44.2. The number of amides is 1. The maximum absolute atomic E-state index is 13.3. The molecule has 2 N–H and O–H groups in total. The average Bonchev–Trinajstić information content (AvgIpc) is 3.18. The van der Waals surface area contributed by atoms with Crippen molar-refractivity contribution in [3.8, 4) is 0 Å². The highest BCUT2D eigenvalue weighted by Crippen LogP contribution is 2.64. The van der Waals surface area contributed by atoms with E-state index in [1.54, 1.807) is 21.0 Å². The smallest absolute Gasteiger partial charge is 0.409 e. The topological polar surface area (TPSA) is 123 Å². The molecule has 9 nitrogen and oxygen atoms in total. The van der Waals surface area contributed by atoms with Crippen LogP contribution in [-0.4, -0.2) is 83.7 Å². The summed E-state index contributed by atoms with van der Waals surface area (Å²) in [5, 5.41) is 21.6. The molecule has 9 heteroatoms. The van der Waals surface area contributed by atoms with E-state index < -0.39 is 29.4 Å². The second-order valence-corrected chi connectivity index (χ2v) is 12.7. The predicted octanol–water partition coefficient (Wildman–Crippen LogP) is 2.79. The summed E-state index contributed by atoms with van der Waals surface area (Å²) in [5.74, 6) is -0.519. The number of aliphatic hydroxyl groups excluding tert-OH is 1. The van der Waals surface area contributed by atoms with Crippen molar-refractivity contribution in [3.05, 3.63) is 23.3 Å². The van der Waals surface area contributed by atoms with Gasteiger partial charge in [-0.15, -0.1) is 0 Å². The number of hydrogen-bond acceptors (Lipinski definition) is 8. The number of ether oxygens (including phenoxy) is 3. The van der Waals surface area contributed by atoms with Crippen LogP contribution < -0.4 is 0 Å². The second kappa shape index (κ2) is 9.45. The molecule has 0 aromatic heterocycles. The van der Waals surface area contributed by atoms with Gasteiger partial charge in [-0.2, -0.15) is 0 Å². The number of cyclic esters (lactones) is 1. The Hall–Kier alpha value is -2.23. The van der Waals surface area contributed by atoms with Crippen LogP contribution in [0.15, 0.2) is 23.3 Å². The molecule has 0 bridgehead atoms. The second-order valence-electron chi connectivity index (χ2n) is 12.7. The number of nitrogens with zero attached hydrogens (tertiary/aromatic N) is 1. The maximum Gasteiger partial charge on any atom is 0.409 e. The summed E-state index contributed by atoms with van der Waals surface area (Å²) >= 11 is 0. The largest absolute Gasteiger partial charge is 0.459 e. The zero-order valence-corrected chi connectivity index (χ0v) is 23.1. The third kappa shape index (κ3) is 3.87. The van der Waals surface area contributed by atoms with Crippen molar-refractivity contribution < 1.29 is 38.8 Å². The first-order chi connectivity index (χ1) is 17.9. The van der Waals surface area contributed by atoms with Crippen molar-refractivity contribution in [2.24, 2.45) is 29.1 Å². The minimum atomic E-state index is -1.79. The number of esters is 1. The number of fused-ring (bicyclic) bond motifs is 5. The van der Waals surface area contributed by atoms with E-state index in [0.29, 0.717) is 30.9 Å². The van der Waals surface area contributed by atoms with E-state index in [-0.39, 0.29) is 41.7 Å². The van der Waals surface area contributed by atoms with Crippen LogP contribution >= 0.6 is 0 Å². The molecule has 1 amide bonds. The van der Waals surface area contributed by atoms with Crippen LogP contribution in [0, 0.1) is 29.1 Å². The lowest BCUT2D eigenvalue weighted by Gasteiger charge is -2.61. The summed E-state index contributed by atoms with van der Waals surface area (Å²) in [6, 6.07) is 0. The lowest BCUT2D eigenvalue weighted by molar-refractivity contribution is -0.284. The molecule has 0 aromatic carbocycles. The van der Waals surface area contributed by atoms with Crippen LogP contribution in [0.25, 0.3) is 0 Å². The predicted molar refractivity (Wildman–Crippen MR) is 137 cm³/mol. The number of rotatable bonds is 4.